The number of ether oxygens (including phenoxy) is 7. The van der Waals surface area contributed by atoms with E-state index < -0.39 is 24.1 Å². The number of rotatable bonds is 8. The first kappa shape index (κ1) is 34.4. The Bertz CT molecular complexity index is 1690. The number of aromatic amines is 1. The van der Waals surface area contributed by atoms with Crippen molar-refractivity contribution >= 4 is 22.8 Å². The number of nitrogens with zero attached hydrogens (tertiary/aromatic N) is 1. The molecule has 1 N–H and O–H groups in total. The van der Waals surface area contributed by atoms with Gasteiger partial charge in [-0.15, -0.1) is 0 Å². The number of esters is 2. The number of allylic oxidation sites excluding steroid dienone is 4. The van der Waals surface area contributed by atoms with Crippen LogP contribution in [0.3, 0.4) is 0 Å². The highest BCUT2D eigenvalue weighted by Crippen LogP contribution is 2.51. The van der Waals surface area contributed by atoms with E-state index in [9.17, 15) is 9.59 Å². The highest BCUT2D eigenvalue weighted by atomic mass is 16.6. The number of carbonyl (C=O) groups is 2. The Labute approximate surface area is 287 Å². The molecule has 6 atom stereocenters. The summed E-state index contributed by atoms with van der Waals surface area (Å²) in [7, 11) is 9.10. The molecule has 11 nitrogen and oxygen atoms in total. The van der Waals surface area contributed by atoms with E-state index in [2.05, 4.69) is 40.3 Å². The predicted octanol–water partition coefficient (Wildman–Crippen LogP) is 5.67. The summed E-state index contributed by atoms with van der Waals surface area (Å²) in [6, 6.07) is 9.40. The smallest absolute Gasteiger partial charge is 0.338 e. The molecule has 1 saturated heterocycles. The molecule has 2 aliphatic carbocycles. The van der Waals surface area contributed by atoms with Gasteiger partial charge in [0.1, 0.15) is 18.0 Å². The lowest BCUT2D eigenvalue weighted by atomic mass is 9.63. The van der Waals surface area contributed by atoms with E-state index in [1.165, 1.54) is 45.1 Å². The van der Waals surface area contributed by atoms with Gasteiger partial charge in [0.15, 0.2) is 11.5 Å². The van der Waals surface area contributed by atoms with Gasteiger partial charge in [-0.25, -0.2) is 4.79 Å². The number of benzene rings is 2. The molecule has 262 valence electrons. The van der Waals surface area contributed by atoms with Crippen LogP contribution in [0.15, 0.2) is 54.6 Å². The van der Waals surface area contributed by atoms with E-state index in [0.717, 1.165) is 43.6 Å². The van der Waals surface area contributed by atoms with Crippen molar-refractivity contribution in [3.63, 3.8) is 0 Å². The van der Waals surface area contributed by atoms with Gasteiger partial charge in [0.2, 0.25) is 5.75 Å². The first-order chi connectivity index (χ1) is 23.8. The molecule has 3 heterocycles. The number of H-pyrrole nitrogens is 1. The van der Waals surface area contributed by atoms with Crippen molar-refractivity contribution < 1.29 is 42.7 Å². The van der Waals surface area contributed by atoms with Crippen LogP contribution in [0.1, 0.15) is 46.9 Å². The molecule has 0 bridgehead atoms. The Morgan fingerprint density at radius 2 is 1.61 bits per heavy atom. The number of nitrogens with one attached hydrogen (secondary N) is 1. The largest absolute Gasteiger partial charge is 0.497 e. The lowest BCUT2D eigenvalue weighted by molar-refractivity contribution is -0.176. The van der Waals surface area contributed by atoms with Gasteiger partial charge in [-0.3, -0.25) is 9.69 Å². The Balaban J connectivity index is 0.000000765. The fourth-order valence-corrected chi connectivity index (χ4v) is 8.15. The second-order valence-electron chi connectivity index (χ2n) is 12.8. The van der Waals surface area contributed by atoms with Gasteiger partial charge in [-0.05, 0) is 67.3 Å². The summed E-state index contributed by atoms with van der Waals surface area (Å²) in [5.74, 6) is 0.441. The second kappa shape index (κ2) is 15.0. The van der Waals surface area contributed by atoms with Crippen LogP contribution in [0, 0.1) is 17.8 Å². The van der Waals surface area contributed by atoms with Gasteiger partial charge < -0.3 is 38.1 Å². The molecule has 11 heteroatoms. The maximum atomic E-state index is 13.5. The van der Waals surface area contributed by atoms with Crippen molar-refractivity contribution in [1.29, 1.82) is 0 Å². The number of fused-ring (bicyclic) bond motifs is 6. The minimum atomic E-state index is -0.670. The summed E-state index contributed by atoms with van der Waals surface area (Å²) in [6.45, 7) is 1.68. The third-order valence-corrected chi connectivity index (χ3v) is 10.4. The van der Waals surface area contributed by atoms with Crippen LogP contribution in [-0.4, -0.2) is 89.8 Å². The summed E-state index contributed by atoms with van der Waals surface area (Å²) in [4.78, 5) is 33.1. The molecule has 4 aliphatic rings. The quantitative estimate of drug-likeness (QED) is 0.300. The number of piperidine rings is 1. The van der Waals surface area contributed by atoms with Crippen molar-refractivity contribution in [3.8, 4) is 23.0 Å². The van der Waals surface area contributed by atoms with Gasteiger partial charge in [-0.1, -0.05) is 24.3 Å². The van der Waals surface area contributed by atoms with Crippen molar-refractivity contribution in [2.75, 3.05) is 55.7 Å². The van der Waals surface area contributed by atoms with Gasteiger partial charge in [-0.2, -0.15) is 0 Å². The predicted molar refractivity (Wildman–Crippen MR) is 184 cm³/mol. The third kappa shape index (κ3) is 6.61. The van der Waals surface area contributed by atoms with Gasteiger partial charge >= 0.3 is 11.9 Å². The van der Waals surface area contributed by atoms with Crippen molar-refractivity contribution in [2.45, 2.75) is 43.9 Å². The van der Waals surface area contributed by atoms with Gasteiger partial charge in [0.25, 0.3) is 0 Å². The molecule has 2 aromatic carbocycles. The normalized spacial score (nSPS) is 25.3. The summed E-state index contributed by atoms with van der Waals surface area (Å²) < 4.78 is 39.1. The highest BCUT2D eigenvalue weighted by molar-refractivity contribution is 5.91. The van der Waals surface area contributed by atoms with Crippen molar-refractivity contribution in [2.24, 2.45) is 17.8 Å². The molecule has 1 aromatic heterocycles. The molecule has 0 unspecified atom stereocenters. The highest BCUT2D eigenvalue weighted by Gasteiger charge is 2.54. The zero-order valence-electron chi connectivity index (χ0n) is 29.0. The summed E-state index contributed by atoms with van der Waals surface area (Å²) in [5, 5.41) is 1.21. The van der Waals surface area contributed by atoms with Gasteiger partial charge in [0, 0.05) is 42.9 Å². The number of aromatic nitrogens is 1. The molecular weight excluding hydrogens is 628 g/mol. The van der Waals surface area contributed by atoms with Crippen molar-refractivity contribution in [3.05, 3.63) is 71.5 Å². The van der Waals surface area contributed by atoms with Crippen LogP contribution >= 0.6 is 0 Å². The average molecular weight is 675 g/mol. The van der Waals surface area contributed by atoms with E-state index in [1.54, 1.807) is 26.4 Å². The van der Waals surface area contributed by atoms with Crippen molar-refractivity contribution in [1.82, 2.24) is 9.88 Å². The number of hydrogen-bond donors (Lipinski definition) is 1. The number of carbonyl (C=O) groups excluding carboxylic acids is 2. The molecule has 1 saturated carbocycles. The minimum Gasteiger partial charge on any atom is -0.497 e. The third-order valence-electron chi connectivity index (χ3n) is 10.4. The maximum absolute atomic E-state index is 13.5. The fraction of sp³-hybridized carbons (Fsp3) is 0.474. The van der Waals surface area contributed by atoms with E-state index in [-0.39, 0.29) is 29.4 Å². The fourth-order valence-electron chi connectivity index (χ4n) is 8.15. The molecule has 49 heavy (non-hydrogen) atoms. The average Bonchev–Trinajstić information content (AvgIpc) is 3.84. The van der Waals surface area contributed by atoms with E-state index in [4.69, 9.17) is 33.2 Å². The maximum Gasteiger partial charge on any atom is 0.338 e. The molecule has 2 aliphatic heterocycles. The standard InChI is InChI=1S/C33H40N2O9.C5H6/c1-38-19-7-8-20-21-9-10-35-16-18-13-27(44-32(36)17-11-25(39-2)30(41-4)26(12-17)40-3)31(42-5)28(33(37)43-6)22(18)15-24(35)29(21)34-23(20)14-19;1-2-4-5-3-1/h7-8,11-12,14,18,22,24,27-28,31,34H,9-10,13,15-16H2,1-6H3;1-4H,5H2/t18-,22+,24-,27-,28+,31+;/m1./s1. The summed E-state index contributed by atoms with van der Waals surface area (Å²) >= 11 is 0. The topological polar surface area (TPSA) is 118 Å². The van der Waals surface area contributed by atoms with E-state index >= 15 is 0 Å². The molecular formula is C38H46N2O9. The van der Waals surface area contributed by atoms with Crippen LogP contribution in [0.4, 0.5) is 0 Å². The Morgan fingerprint density at radius 3 is 2.20 bits per heavy atom. The van der Waals surface area contributed by atoms with Crippen LogP contribution < -0.4 is 18.9 Å². The SMILES string of the molecule is C1=CCC=C1.COC(=O)[C@H]1[C@H]2C[C@@H]3c4[nH]c5cc(OC)ccc5c4CCN3C[C@H]2C[C@@H](OC(=O)c2cc(OC)c(OC)c(OC)c2)[C@@H]1OC. The van der Waals surface area contributed by atoms with Crippen LogP contribution in [0.5, 0.6) is 23.0 Å². The first-order valence-electron chi connectivity index (χ1n) is 16.7. The van der Waals surface area contributed by atoms with Crippen LogP contribution in [0.2, 0.25) is 0 Å². The summed E-state index contributed by atoms with van der Waals surface area (Å²) in [6.07, 6.45) is 10.4. The van der Waals surface area contributed by atoms with E-state index in [0.29, 0.717) is 23.7 Å². The first-order valence-corrected chi connectivity index (χ1v) is 16.7. The molecule has 0 radical (unpaired) electrons. The monoisotopic (exact) mass is 674 g/mol. The lowest BCUT2D eigenvalue weighted by Crippen LogP contribution is -2.58. The zero-order chi connectivity index (χ0) is 34.7. The number of methoxy groups -OCH3 is 6. The van der Waals surface area contributed by atoms with E-state index in [1.807, 2.05) is 12.1 Å². The molecule has 0 amide bonds. The number of hydrogen-bond acceptors (Lipinski definition) is 10. The second-order valence-corrected chi connectivity index (χ2v) is 12.8. The van der Waals surface area contributed by atoms with Crippen LogP contribution in [-0.2, 0) is 25.4 Å². The molecule has 7 rings (SSSR count). The molecule has 2 fully saturated rings. The zero-order valence-corrected chi connectivity index (χ0v) is 29.0. The lowest BCUT2D eigenvalue weighted by Gasteiger charge is -2.52. The van der Waals surface area contributed by atoms with Crippen LogP contribution in [0.25, 0.3) is 10.9 Å². The Kier molecular flexibility index (Phi) is 10.5. The summed E-state index contributed by atoms with van der Waals surface area (Å²) in [5.41, 5.74) is 3.83. The molecule has 0 spiro atoms. The minimum absolute atomic E-state index is 0.0170. The van der Waals surface area contributed by atoms with Gasteiger partial charge in [0.05, 0.1) is 53.1 Å². The Hall–Kier alpha value is -4.48. The Morgan fingerprint density at radius 1 is 0.878 bits per heavy atom. The molecule has 3 aromatic rings.